The number of carbonyl (C=O) groups is 1. The van der Waals surface area contributed by atoms with E-state index >= 15 is 0 Å². The van der Waals surface area contributed by atoms with Gasteiger partial charge in [0.25, 0.3) is 5.56 Å². The maximum Gasteiger partial charge on any atom is 0.323 e. The summed E-state index contributed by atoms with van der Waals surface area (Å²) < 4.78 is 0. The number of aromatic amines is 1. The molecule has 0 aliphatic carbocycles. The van der Waals surface area contributed by atoms with E-state index < -0.39 is 5.97 Å². The number of hydrogen-bond donors (Lipinski definition) is 2. The Morgan fingerprint density at radius 1 is 1.23 bits per heavy atom. The van der Waals surface area contributed by atoms with Crippen molar-refractivity contribution in [2.24, 2.45) is 0 Å². The van der Waals surface area contributed by atoms with Gasteiger partial charge < -0.3 is 19.9 Å². The number of rotatable bonds is 6. The average molecular weight is 359 g/mol. The molecule has 1 fully saturated rings. The van der Waals surface area contributed by atoms with Crippen LogP contribution >= 0.6 is 0 Å². The highest BCUT2D eigenvalue weighted by atomic mass is 16.4. The highest BCUT2D eigenvalue weighted by Crippen LogP contribution is 2.12. The molecule has 0 unspecified atom stereocenters. The minimum atomic E-state index is -0.926. The Balaban J connectivity index is 1.54. The second-order valence-electron chi connectivity index (χ2n) is 6.15. The molecular weight excluding hydrogens is 338 g/mol. The second kappa shape index (κ2) is 7.91. The van der Waals surface area contributed by atoms with E-state index in [9.17, 15) is 9.59 Å². The molecule has 10 heteroatoms. The summed E-state index contributed by atoms with van der Waals surface area (Å²) in [5.41, 5.74) is 0.789. The number of nitrogens with zero attached hydrogens (tertiary/aromatic N) is 6. The summed E-state index contributed by atoms with van der Waals surface area (Å²) in [6.45, 7) is 3.61. The number of piperazine rings is 1. The molecule has 138 valence electrons. The molecule has 2 N–H and O–H groups in total. The third kappa shape index (κ3) is 4.33. The Morgan fingerprint density at radius 3 is 2.54 bits per heavy atom. The standard InChI is InChI=1S/C16H21N7O3/c1-21(11-13(24)25)16-19-8-12(9-20-16)10-22-4-6-23(7-5-22)14-15(26)18-3-2-17-14/h2-3,8-9H,4-7,10-11H2,1H3,(H,18,26)(H,24,25). The molecule has 2 aromatic rings. The average Bonchev–Trinajstić information content (AvgIpc) is 2.63. The van der Waals surface area contributed by atoms with Gasteiger partial charge in [-0.3, -0.25) is 14.5 Å². The van der Waals surface area contributed by atoms with Gasteiger partial charge in [-0.05, 0) is 0 Å². The second-order valence-corrected chi connectivity index (χ2v) is 6.15. The van der Waals surface area contributed by atoms with Gasteiger partial charge in [0.2, 0.25) is 5.95 Å². The minimum absolute atomic E-state index is 0.145. The number of anilines is 2. The molecule has 3 rings (SSSR count). The van der Waals surface area contributed by atoms with E-state index in [1.165, 1.54) is 11.1 Å². The maximum atomic E-state index is 11.8. The zero-order chi connectivity index (χ0) is 18.5. The van der Waals surface area contributed by atoms with Gasteiger partial charge in [0.15, 0.2) is 5.82 Å². The van der Waals surface area contributed by atoms with Crippen LogP contribution in [0.4, 0.5) is 11.8 Å². The first-order valence-electron chi connectivity index (χ1n) is 8.28. The zero-order valence-corrected chi connectivity index (χ0v) is 14.5. The van der Waals surface area contributed by atoms with E-state index in [4.69, 9.17) is 5.11 Å². The number of carboxylic acid groups (broad SMARTS) is 1. The number of likely N-dealkylation sites (N-methyl/N-ethyl adjacent to an activating group) is 1. The topological polar surface area (TPSA) is 119 Å². The molecule has 2 aromatic heterocycles. The summed E-state index contributed by atoms with van der Waals surface area (Å²) >= 11 is 0. The first kappa shape index (κ1) is 17.8. The number of aliphatic carboxylic acids is 1. The third-order valence-electron chi connectivity index (χ3n) is 4.17. The Labute approximate surface area is 150 Å². The smallest absolute Gasteiger partial charge is 0.323 e. The SMILES string of the molecule is CN(CC(=O)O)c1ncc(CN2CCN(c3ncc[nH]c3=O)CC2)cn1. The molecule has 0 amide bonds. The van der Waals surface area contributed by atoms with Crippen molar-refractivity contribution < 1.29 is 9.90 Å². The van der Waals surface area contributed by atoms with Crippen molar-refractivity contribution in [3.05, 3.63) is 40.7 Å². The Hall–Kier alpha value is -3.01. The number of hydrogen-bond acceptors (Lipinski definition) is 8. The Kier molecular flexibility index (Phi) is 5.42. The molecule has 1 aliphatic rings. The van der Waals surface area contributed by atoms with Crippen LogP contribution in [0.3, 0.4) is 0 Å². The molecule has 0 aromatic carbocycles. The van der Waals surface area contributed by atoms with Gasteiger partial charge in [0, 0.05) is 70.1 Å². The summed E-state index contributed by atoms with van der Waals surface area (Å²) in [6.07, 6.45) is 6.55. The fraction of sp³-hybridized carbons (Fsp3) is 0.438. The quantitative estimate of drug-likeness (QED) is 0.697. The van der Waals surface area contributed by atoms with Crippen LogP contribution < -0.4 is 15.4 Å². The number of carboxylic acids is 1. The van der Waals surface area contributed by atoms with Crippen LogP contribution in [0.5, 0.6) is 0 Å². The molecule has 10 nitrogen and oxygen atoms in total. The molecule has 0 radical (unpaired) electrons. The van der Waals surface area contributed by atoms with Crippen LogP contribution in [0.15, 0.2) is 29.6 Å². The summed E-state index contributed by atoms with van der Waals surface area (Å²) in [4.78, 5) is 43.5. The monoisotopic (exact) mass is 359 g/mol. The molecule has 0 bridgehead atoms. The molecule has 1 aliphatic heterocycles. The normalized spacial score (nSPS) is 15.0. The van der Waals surface area contributed by atoms with Crippen LogP contribution in [0, 0.1) is 0 Å². The lowest BCUT2D eigenvalue weighted by atomic mass is 10.2. The lowest BCUT2D eigenvalue weighted by Gasteiger charge is -2.34. The van der Waals surface area contributed by atoms with E-state index in [-0.39, 0.29) is 12.1 Å². The van der Waals surface area contributed by atoms with Gasteiger partial charge in [0.05, 0.1) is 0 Å². The molecule has 26 heavy (non-hydrogen) atoms. The molecule has 0 saturated carbocycles. The summed E-state index contributed by atoms with van der Waals surface area (Å²) in [6, 6.07) is 0. The lowest BCUT2D eigenvalue weighted by molar-refractivity contribution is -0.135. The molecule has 1 saturated heterocycles. The molecule has 0 spiro atoms. The predicted octanol–water partition coefficient (Wildman–Crippen LogP) is -0.597. The van der Waals surface area contributed by atoms with Crippen molar-refractivity contribution in [3.63, 3.8) is 0 Å². The number of nitrogens with one attached hydrogen (secondary N) is 1. The Bertz CT molecular complexity index is 800. The van der Waals surface area contributed by atoms with Crippen LogP contribution in [0.1, 0.15) is 5.56 Å². The van der Waals surface area contributed by atoms with E-state index in [0.29, 0.717) is 18.3 Å². The van der Waals surface area contributed by atoms with Gasteiger partial charge in [-0.15, -0.1) is 0 Å². The summed E-state index contributed by atoms with van der Waals surface area (Å²) in [7, 11) is 1.64. The van der Waals surface area contributed by atoms with Crippen molar-refractivity contribution >= 4 is 17.7 Å². The fourth-order valence-corrected chi connectivity index (χ4v) is 2.85. The van der Waals surface area contributed by atoms with E-state index in [1.807, 2.05) is 4.90 Å². The predicted molar refractivity (Wildman–Crippen MR) is 95.3 cm³/mol. The molecule has 3 heterocycles. The fourth-order valence-electron chi connectivity index (χ4n) is 2.85. The van der Waals surface area contributed by atoms with Gasteiger partial charge in [-0.2, -0.15) is 0 Å². The van der Waals surface area contributed by atoms with E-state index in [2.05, 4.69) is 24.8 Å². The lowest BCUT2D eigenvalue weighted by Crippen LogP contribution is -2.47. The van der Waals surface area contributed by atoms with Gasteiger partial charge in [-0.1, -0.05) is 0 Å². The van der Waals surface area contributed by atoms with Gasteiger partial charge in [-0.25, -0.2) is 15.0 Å². The minimum Gasteiger partial charge on any atom is -0.480 e. The van der Waals surface area contributed by atoms with Crippen LogP contribution in [0.25, 0.3) is 0 Å². The maximum absolute atomic E-state index is 11.8. The molecule has 0 atom stereocenters. The van der Waals surface area contributed by atoms with Gasteiger partial charge in [0.1, 0.15) is 6.54 Å². The summed E-state index contributed by atoms with van der Waals surface area (Å²) in [5, 5.41) is 8.80. The van der Waals surface area contributed by atoms with E-state index in [0.717, 1.165) is 31.7 Å². The third-order valence-corrected chi connectivity index (χ3v) is 4.17. The van der Waals surface area contributed by atoms with Crippen molar-refractivity contribution in [1.82, 2.24) is 24.8 Å². The Morgan fingerprint density at radius 2 is 1.92 bits per heavy atom. The largest absolute Gasteiger partial charge is 0.480 e. The van der Waals surface area contributed by atoms with Crippen LogP contribution in [-0.4, -0.2) is 75.7 Å². The first-order chi connectivity index (χ1) is 12.5. The van der Waals surface area contributed by atoms with Crippen LogP contribution in [0.2, 0.25) is 0 Å². The van der Waals surface area contributed by atoms with Crippen molar-refractivity contribution in [2.45, 2.75) is 6.54 Å². The zero-order valence-electron chi connectivity index (χ0n) is 14.5. The first-order valence-corrected chi connectivity index (χ1v) is 8.28. The van der Waals surface area contributed by atoms with Crippen molar-refractivity contribution in [1.29, 1.82) is 0 Å². The summed E-state index contributed by atoms with van der Waals surface area (Å²) in [5.74, 6) is -0.0820. The van der Waals surface area contributed by atoms with E-state index in [1.54, 1.807) is 25.6 Å². The highest BCUT2D eigenvalue weighted by molar-refractivity contribution is 5.72. The highest BCUT2D eigenvalue weighted by Gasteiger charge is 2.20. The van der Waals surface area contributed by atoms with Crippen molar-refractivity contribution in [3.8, 4) is 0 Å². The van der Waals surface area contributed by atoms with Crippen molar-refractivity contribution in [2.75, 3.05) is 49.6 Å². The van der Waals surface area contributed by atoms with Crippen LogP contribution in [-0.2, 0) is 11.3 Å². The number of aromatic nitrogens is 4. The molecular formula is C16H21N7O3. The van der Waals surface area contributed by atoms with Gasteiger partial charge >= 0.3 is 5.97 Å². The number of H-pyrrole nitrogens is 1.